The van der Waals surface area contributed by atoms with Crippen LogP contribution in [0.25, 0.3) is 0 Å². The predicted molar refractivity (Wildman–Crippen MR) is 83.5 cm³/mol. The number of nitrogens with zero attached hydrogens (tertiary/aromatic N) is 3. The molecule has 1 aromatic heterocycles. The lowest BCUT2D eigenvalue weighted by Crippen LogP contribution is -2.49. The second-order valence-corrected chi connectivity index (χ2v) is 5.85. The van der Waals surface area contributed by atoms with Crippen LogP contribution in [0.2, 0.25) is 0 Å². The normalized spacial score (nSPS) is 22.6. The van der Waals surface area contributed by atoms with Gasteiger partial charge in [0.1, 0.15) is 4.47 Å². The Labute approximate surface area is 131 Å². The maximum Gasteiger partial charge on any atom is 0.283 e. The molecule has 21 heavy (non-hydrogen) atoms. The maximum atomic E-state index is 12.2. The Hall–Kier alpha value is -0.960. The van der Waals surface area contributed by atoms with Crippen molar-refractivity contribution in [2.45, 2.75) is 31.5 Å². The van der Waals surface area contributed by atoms with Crippen molar-refractivity contribution in [2.75, 3.05) is 31.7 Å². The van der Waals surface area contributed by atoms with E-state index in [1.54, 1.807) is 13.3 Å². The third-order valence-electron chi connectivity index (χ3n) is 3.86. The molecule has 2 unspecified atom stereocenters. The highest BCUT2D eigenvalue weighted by atomic mass is 79.9. The lowest BCUT2D eigenvalue weighted by molar-refractivity contribution is 0.0709. The summed E-state index contributed by atoms with van der Waals surface area (Å²) in [4.78, 5) is 14.3. The first-order chi connectivity index (χ1) is 10.1. The van der Waals surface area contributed by atoms with E-state index in [1.165, 1.54) is 4.68 Å². The van der Waals surface area contributed by atoms with Gasteiger partial charge in [-0.05, 0) is 28.8 Å². The Morgan fingerprint density at radius 1 is 1.62 bits per heavy atom. The van der Waals surface area contributed by atoms with Crippen LogP contribution in [0.15, 0.2) is 15.5 Å². The Morgan fingerprint density at radius 2 is 2.38 bits per heavy atom. The Balaban J connectivity index is 2.29. The molecular formula is C13H21BrN4O3. The van der Waals surface area contributed by atoms with Gasteiger partial charge in [-0.2, -0.15) is 5.10 Å². The summed E-state index contributed by atoms with van der Waals surface area (Å²) in [5.41, 5.74) is 6.37. The predicted octanol–water partition coefficient (Wildman–Crippen LogP) is -0.0594. The van der Waals surface area contributed by atoms with Crippen molar-refractivity contribution in [3.63, 3.8) is 0 Å². The van der Waals surface area contributed by atoms with E-state index in [0.717, 1.165) is 25.1 Å². The van der Waals surface area contributed by atoms with Crippen LogP contribution < -0.4 is 16.2 Å². The van der Waals surface area contributed by atoms with Crippen LogP contribution in [-0.2, 0) is 11.3 Å². The number of hydrogen-bond donors (Lipinski definition) is 2. The van der Waals surface area contributed by atoms with Gasteiger partial charge < -0.3 is 20.5 Å². The van der Waals surface area contributed by atoms with Crippen molar-refractivity contribution in [3.8, 4) is 0 Å². The fourth-order valence-electron chi connectivity index (χ4n) is 2.68. The molecule has 2 heterocycles. The van der Waals surface area contributed by atoms with Crippen molar-refractivity contribution >= 4 is 21.6 Å². The molecule has 118 valence electrons. The highest BCUT2D eigenvalue weighted by molar-refractivity contribution is 9.10. The number of aliphatic hydroxyl groups is 1. The topological polar surface area (TPSA) is 93.6 Å². The number of nitrogens with two attached hydrogens (primary N) is 1. The molecule has 1 aliphatic rings. The average Bonchev–Trinajstić information content (AvgIpc) is 2.52. The lowest BCUT2D eigenvalue weighted by atomic mass is 9.99. The van der Waals surface area contributed by atoms with Gasteiger partial charge in [0.2, 0.25) is 0 Å². The summed E-state index contributed by atoms with van der Waals surface area (Å²) in [7, 11) is 1.71. The Kier molecular flexibility index (Phi) is 5.74. The number of piperidine rings is 1. The van der Waals surface area contributed by atoms with Crippen LogP contribution in [0, 0.1) is 0 Å². The fraction of sp³-hybridized carbons (Fsp3) is 0.692. The van der Waals surface area contributed by atoms with Gasteiger partial charge in [0.25, 0.3) is 5.56 Å². The SMILES string of the molecule is COC1CCN(c2cnn(CCO)c(=O)c2Br)C(CN)C1. The van der Waals surface area contributed by atoms with E-state index in [2.05, 4.69) is 25.9 Å². The van der Waals surface area contributed by atoms with E-state index in [-0.39, 0.29) is 30.9 Å². The molecule has 0 aliphatic carbocycles. The largest absolute Gasteiger partial charge is 0.394 e. The summed E-state index contributed by atoms with van der Waals surface area (Å²) >= 11 is 3.36. The van der Waals surface area contributed by atoms with Crippen LogP contribution in [0.5, 0.6) is 0 Å². The van der Waals surface area contributed by atoms with Crippen LogP contribution in [0.3, 0.4) is 0 Å². The number of rotatable bonds is 5. The van der Waals surface area contributed by atoms with Crippen molar-refractivity contribution in [1.82, 2.24) is 9.78 Å². The van der Waals surface area contributed by atoms with Crippen LogP contribution in [0.4, 0.5) is 5.69 Å². The standard InChI is InChI=1S/C13H21BrN4O3/c1-21-10-2-3-17(9(6-10)7-15)11-8-16-18(4-5-19)13(20)12(11)14/h8-10,19H,2-7,15H2,1H3. The minimum atomic E-state index is -0.244. The minimum Gasteiger partial charge on any atom is -0.394 e. The molecule has 1 fully saturated rings. The number of anilines is 1. The van der Waals surface area contributed by atoms with Crippen molar-refractivity contribution in [1.29, 1.82) is 0 Å². The molecule has 0 radical (unpaired) electrons. The van der Waals surface area contributed by atoms with Gasteiger partial charge >= 0.3 is 0 Å². The van der Waals surface area contributed by atoms with Crippen molar-refractivity contribution < 1.29 is 9.84 Å². The number of halogens is 1. The molecule has 0 aromatic carbocycles. The fourth-order valence-corrected chi connectivity index (χ4v) is 3.21. The average molecular weight is 361 g/mol. The molecule has 7 nitrogen and oxygen atoms in total. The summed E-state index contributed by atoms with van der Waals surface area (Å²) in [6, 6.07) is 0.120. The molecule has 0 amide bonds. The molecule has 3 N–H and O–H groups in total. The van der Waals surface area contributed by atoms with E-state index >= 15 is 0 Å². The molecule has 2 rings (SSSR count). The third-order valence-corrected chi connectivity index (χ3v) is 4.61. The van der Waals surface area contributed by atoms with Gasteiger partial charge in [-0.25, -0.2) is 4.68 Å². The molecule has 1 saturated heterocycles. The zero-order valence-electron chi connectivity index (χ0n) is 12.0. The number of aromatic nitrogens is 2. The van der Waals surface area contributed by atoms with Gasteiger partial charge in [-0.1, -0.05) is 0 Å². The molecular weight excluding hydrogens is 340 g/mol. The van der Waals surface area contributed by atoms with E-state index in [4.69, 9.17) is 15.6 Å². The molecule has 8 heteroatoms. The number of hydrogen-bond acceptors (Lipinski definition) is 6. The second-order valence-electron chi connectivity index (χ2n) is 5.06. The zero-order valence-corrected chi connectivity index (χ0v) is 13.6. The van der Waals surface area contributed by atoms with Crippen molar-refractivity contribution in [2.24, 2.45) is 5.73 Å². The summed E-state index contributed by atoms with van der Waals surface area (Å²) < 4.78 is 7.11. The first-order valence-corrected chi connectivity index (χ1v) is 7.77. The molecule has 0 bridgehead atoms. The highest BCUT2D eigenvalue weighted by Gasteiger charge is 2.29. The van der Waals surface area contributed by atoms with Gasteiger partial charge in [0.05, 0.1) is 31.1 Å². The van der Waals surface area contributed by atoms with E-state index in [0.29, 0.717) is 11.0 Å². The quantitative estimate of drug-likeness (QED) is 0.763. The molecule has 1 aromatic rings. The lowest BCUT2D eigenvalue weighted by Gasteiger charge is -2.40. The van der Waals surface area contributed by atoms with Gasteiger partial charge in [-0.15, -0.1) is 0 Å². The Bertz CT molecular complexity index is 537. The highest BCUT2D eigenvalue weighted by Crippen LogP contribution is 2.29. The van der Waals surface area contributed by atoms with Gasteiger partial charge in [-0.3, -0.25) is 4.79 Å². The van der Waals surface area contributed by atoms with Crippen molar-refractivity contribution in [3.05, 3.63) is 21.0 Å². The van der Waals surface area contributed by atoms with Gasteiger partial charge in [0, 0.05) is 26.2 Å². The van der Waals surface area contributed by atoms with Gasteiger partial charge in [0.15, 0.2) is 0 Å². The summed E-state index contributed by atoms with van der Waals surface area (Å²) in [5, 5.41) is 13.0. The van der Waals surface area contributed by atoms with Crippen LogP contribution in [0.1, 0.15) is 12.8 Å². The summed E-state index contributed by atoms with van der Waals surface area (Å²) in [5.74, 6) is 0. The number of ether oxygens (including phenoxy) is 1. The van der Waals surface area contributed by atoms with Crippen LogP contribution in [-0.4, -0.2) is 53.8 Å². The minimum absolute atomic E-state index is 0.120. The maximum absolute atomic E-state index is 12.2. The first-order valence-electron chi connectivity index (χ1n) is 6.98. The van der Waals surface area contributed by atoms with E-state index in [1.807, 2.05) is 0 Å². The van der Waals surface area contributed by atoms with Crippen LogP contribution >= 0.6 is 15.9 Å². The molecule has 0 spiro atoms. The monoisotopic (exact) mass is 360 g/mol. The Morgan fingerprint density at radius 3 is 3.00 bits per heavy atom. The number of methoxy groups -OCH3 is 1. The van der Waals surface area contributed by atoms with E-state index < -0.39 is 0 Å². The molecule has 2 atom stereocenters. The third kappa shape index (κ3) is 3.45. The zero-order chi connectivity index (χ0) is 15.4. The van der Waals surface area contributed by atoms with E-state index in [9.17, 15) is 4.79 Å². The first kappa shape index (κ1) is 16.4. The smallest absolute Gasteiger partial charge is 0.283 e. The summed E-state index contributed by atoms with van der Waals surface area (Å²) in [6.07, 6.45) is 3.58. The molecule has 1 aliphatic heterocycles. The summed E-state index contributed by atoms with van der Waals surface area (Å²) in [6.45, 7) is 1.32. The molecule has 0 saturated carbocycles. The second kappa shape index (κ2) is 7.35. The number of aliphatic hydroxyl groups excluding tert-OH is 1.